The first-order valence-electron chi connectivity index (χ1n) is 7.54. The molecule has 0 spiro atoms. The second-order valence-electron chi connectivity index (χ2n) is 5.54. The molecule has 3 rings (SSSR count). The number of thiazole rings is 1. The quantitative estimate of drug-likeness (QED) is 0.846. The summed E-state index contributed by atoms with van der Waals surface area (Å²) >= 11 is 1.49. The summed E-state index contributed by atoms with van der Waals surface area (Å²) in [5.74, 6) is 0.894. The maximum atomic E-state index is 11.0. The van der Waals surface area contributed by atoms with E-state index >= 15 is 0 Å². The number of carbonyl (C=O) groups is 1. The zero-order chi connectivity index (χ0) is 17.1. The summed E-state index contributed by atoms with van der Waals surface area (Å²) in [4.78, 5) is 26.7. The summed E-state index contributed by atoms with van der Waals surface area (Å²) in [5, 5.41) is 3.33. The number of methoxy groups -OCH3 is 1. The average molecular weight is 349 g/mol. The number of anilines is 1. The van der Waals surface area contributed by atoms with Crippen molar-refractivity contribution in [2.24, 2.45) is 0 Å². The maximum Gasteiger partial charge on any atom is 0.223 e. The summed E-state index contributed by atoms with van der Waals surface area (Å²) in [6, 6.07) is 1.94. The van der Waals surface area contributed by atoms with Gasteiger partial charge in [0.05, 0.1) is 13.2 Å². The summed E-state index contributed by atoms with van der Waals surface area (Å²) in [6.07, 6.45) is 3.30. The van der Waals surface area contributed by atoms with Crippen LogP contribution in [-0.2, 0) is 11.3 Å². The van der Waals surface area contributed by atoms with Gasteiger partial charge in [0, 0.05) is 37.1 Å². The van der Waals surface area contributed by atoms with Crippen LogP contribution in [0.15, 0.2) is 18.6 Å². The third-order valence-electron chi connectivity index (χ3n) is 3.82. The Labute approximate surface area is 143 Å². The van der Waals surface area contributed by atoms with Gasteiger partial charge < -0.3 is 14.8 Å². The van der Waals surface area contributed by atoms with Crippen LogP contribution in [0.2, 0.25) is 0 Å². The largest absolute Gasteiger partial charge is 0.481 e. The number of hydrogen-bond donors (Lipinski definition) is 1. The van der Waals surface area contributed by atoms with Crippen molar-refractivity contribution in [1.29, 1.82) is 0 Å². The number of aromatic nitrogens is 3. The number of hydrogen-bond acceptors (Lipinski definition) is 8. The van der Waals surface area contributed by atoms with Crippen LogP contribution in [0.4, 0.5) is 5.13 Å². The highest BCUT2D eigenvalue weighted by Gasteiger charge is 2.37. The fourth-order valence-corrected chi connectivity index (χ4v) is 3.32. The predicted molar refractivity (Wildman–Crippen MR) is 89.3 cm³/mol. The van der Waals surface area contributed by atoms with Crippen molar-refractivity contribution in [3.8, 4) is 11.8 Å². The fraction of sp³-hybridized carbons (Fsp3) is 0.467. The van der Waals surface area contributed by atoms with Gasteiger partial charge in [-0.3, -0.25) is 9.69 Å². The topological polar surface area (TPSA) is 89.5 Å². The van der Waals surface area contributed by atoms with Gasteiger partial charge in [0.1, 0.15) is 12.4 Å². The maximum absolute atomic E-state index is 11.0. The van der Waals surface area contributed by atoms with E-state index in [2.05, 4.69) is 32.1 Å². The van der Waals surface area contributed by atoms with Crippen LogP contribution in [0.3, 0.4) is 0 Å². The third-order valence-corrected chi connectivity index (χ3v) is 4.72. The van der Waals surface area contributed by atoms with E-state index in [4.69, 9.17) is 9.47 Å². The molecule has 24 heavy (non-hydrogen) atoms. The Morgan fingerprint density at radius 3 is 2.92 bits per heavy atom. The van der Waals surface area contributed by atoms with E-state index < -0.39 is 0 Å². The number of nitrogens with zero attached hydrogens (tertiary/aromatic N) is 4. The van der Waals surface area contributed by atoms with Gasteiger partial charge in [-0.1, -0.05) is 0 Å². The number of amides is 1. The molecule has 0 aliphatic carbocycles. The summed E-state index contributed by atoms with van der Waals surface area (Å²) < 4.78 is 11.0. The Hall–Kier alpha value is -2.26. The van der Waals surface area contributed by atoms with Gasteiger partial charge in [0.2, 0.25) is 17.7 Å². The Bertz CT molecular complexity index is 723. The molecular weight excluding hydrogens is 330 g/mol. The van der Waals surface area contributed by atoms with Gasteiger partial charge in [0.25, 0.3) is 0 Å². The van der Waals surface area contributed by atoms with Crippen molar-refractivity contribution in [2.75, 3.05) is 19.0 Å². The van der Waals surface area contributed by atoms with Crippen molar-refractivity contribution in [1.82, 2.24) is 19.9 Å². The van der Waals surface area contributed by atoms with E-state index in [1.807, 2.05) is 0 Å². The first-order chi connectivity index (χ1) is 11.5. The molecule has 2 atom stereocenters. The Morgan fingerprint density at radius 1 is 1.42 bits per heavy atom. The molecule has 0 aromatic carbocycles. The lowest BCUT2D eigenvalue weighted by Crippen LogP contribution is -2.60. The Kier molecular flexibility index (Phi) is 4.91. The minimum atomic E-state index is -0.109. The van der Waals surface area contributed by atoms with Gasteiger partial charge >= 0.3 is 0 Å². The smallest absolute Gasteiger partial charge is 0.223 e. The van der Waals surface area contributed by atoms with Crippen LogP contribution in [0.1, 0.15) is 18.7 Å². The molecule has 1 aliphatic heterocycles. The molecular formula is C15H19N5O3S. The van der Waals surface area contributed by atoms with Crippen molar-refractivity contribution < 1.29 is 14.3 Å². The van der Waals surface area contributed by atoms with Crippen molar-refractivity contribution in [2.45, 2.75) is 32.5 Å². The first kappa shape index (κ1) is 16.6. The van der Waals surface area contributed by atoms with Gasteiger partial charge in [-0.2, -0.15) is 0 Å². The molecule has 0 unspecified atom stereocenters. The molecule has 2 aromatic heterocycles. The van der Waals surface area contributed by atoms with Crippen LogP contribution in [0, 0.1) is 0 Å². The van der Waals surface area contributed by atoms with Crippen LogP contribution < -0.4 is 14.8 Å². The van der Waals surface area contributed by atoms with Crippen LogP contribution in [0.25, 0.3) is 0 Å². The average Bonchev–Trinajstić information content (AvgIpc) is 3.00. The lowest BCUT2D eigenvalue weighted by Gasteiger charge is -2.45. The molecule has 1 N–H and O–H groups in total. The molecule has 8 nitrogen and oxygen atoms in total. The molecule has 128 valence electrons. The van der Waals surface area contributed by atoms with Crippen LogP contribution >= 0.6 is 11.3 Å². The van der Waals surface area contributed by atoms with Gasteiger partial charge in [-0.25, -0.2) is 15.0 Å². The van der Waals surface area contributed by atoms with Gasteiger partial charge in [-0.05, 0) is 6.92 Å². The normalized spacial score (nSPS) is 20.3. The molecule has 0 bridgehead atoms. The summed E-state index contributed by atoms with van der Waals surface area (Å²) in [6.45, 7) is 5.18. The molecule has 1 fully saturated rings. The van der Waals surface area contributed by atoms with Gasteiger partial charge in [0.15, 0.2) is 5.13 Å². The highest BCUT2D eigenvalue weighted by atomic mass is 32.1. The number of likely N-dealkylation sites (tertiary alicyclic amines) is 1. The molecule has 1 amide bonds. The second kappa shape index (κ2) is 7.10. The number of nitrogens with one attached hydrogen (secondary N) is 1. The van der Waals surface area contributed by atoms with Crippen LogP contribution in [-0.4, -0.2) is 51.6 Å². The summed E-state index contributed by atoms with van der Waals surface area (Å²) in [7, 11) is 1.56. The monoisotopic (exact) mass is 349 g/mol. The lowest BCUT2D eigenvalue weighted by molar-refractivity contribution is -0.114. The standard InChI is InChI=1S/C15H19N5O3S/c1-9-12(23-14-4-13(22-3)17-8-18-14)7-20(9)6-11-5-16-15(24-11)19-10(2)21/h4-5,8-9,12H,6-7H2,1-3H3,(H,16,19,21)/t9-,12+/m1/s1. The second-order valence-corrected chi connectivity index (χ2v) is 6.65. The lowest BCUT2D eigenvalue weighted by atomic mass is 10.0. The van der Waals surface area contributed by atoms with Crippen molar-refractivity contribution in [3.05, 3.63) is 23.5 Å². The number of rotatable bonds is 6. The summed E-state index contributed by atoms with van der Waals surface area (Å²) in [5.41, 5.74) is 0. The van der Waals surface area contributed by atoms with Crippen LogP contribution in [0.5, 0.6) is 11.8 Å². The zero-order valence-corrected chi connectivity index (χ0v) is 14.5. The Morgan fingerprint density at radius 2 is 2.21 bits per heavy atom. The highest BCUT2D eigenvalue weighted by molar-refractivity contribution is 7.15. The van der Waals surface area contributed by atoms with Gasteiger partial charge in [-0.15, -0.1) is 11.3 Å². The van der Waals surface area contributed by atoms with Crippen molar-refractivity contribution >= 4 is 22.4 Å². The highest BCUT2D eigenvalue weighted by Crippen LogP contribution is 2.28. The first-order valence-corrected chi connectivity index (χ1v) is 8.36. The minimum absolute atomic E-state index is 0.0762. The van der Waals surface area contributed by atoms with E-state index in [-0.39, 0.29) is 18.1 Å². The van der Waals surface area contributed by atoms with Crippen molar-refractivity contribution in [3.63, 3.8) is 0 Å². The number of carbonyl (C=O) groups excluding carboxylic acids is 1. The molecule has 0 radical (unpaired) electrons. The third kappa shape index (κ3) is 3.80. The minimum Gasteiger partial charge on any atom is -0.481 e. The fourth-order valence-electron chi connectivity index (χ4n) is 2.43. The zero-order valence-electron chi connectivity index (χ0n) is 13.7. The number of ether oxygens (including phenoxy) is 2. The SMILES string of the molecule is COc1cc(O[C@H]2CN(Cc3cnc(NC(C)=O)s3)[C@@H]2C)ncn1. The predicted octanol–water partition coefficient (Wildman–Crippen LogP) is 1.55. The molecule has 3 heterocycles. The van der Waals surface area contributed by atoms with E-state index in [1.54, 1.807) is 19.4 Å². The molecule has 1 saturated heterocycles. The molecule has 2 aromatic rings. The molecule has 0 saturated carbocycles. The molecule has 1 aliphatic rings. The Balaban J connectivity index is 1.52. The molecule has 9 heteroatoms. The van der Waals surface area contributed by atoms with E-state index in [0.29, 0.717) is 16.9 Å². The van der Waals surface area contributed by atoms with E-state index in [0.717, 1.165) is 18.0 Å². The van der Waals surface area contributed by atoms with E-state index in [9.17, 15) is 4.79 Å². The van der Waals surface area contributed by atoms with E-state index in [1.165, 1.54) is 24.6 Å².